The molecule has 0 aliphatic carbocycles. The van der Waals surface area contributed by atoms with Gasteiger partial charge in [-0.05, 0) is 51.8 Å². The molecule has 0 N–H and O–H groups in total. The highest BCUT2D eigenvalue weighted by atomic mass is 79.9. The number of amides is 1. The summed E-state index contributed by atoms with van der Waals surface area (Å²) in [6.45, 7) is 7.95. The SMILES string of the molecule is CCOC(=O)[C@@H]1[C@@H](c2ccc(Br)cc2)CCN1C(=O)OC(C)(C)C. The zero-order chi connectivity index (χ0) is 17.9. The molecule has 1 saturated heterocycles. The van der Waals surface area contributed by atoms with Gasteiger partial charge in [-0.2, -0.15) is 0 Å². The lowest BCUT2D eigenvalue weighted by Gasteiger charge is -2.29. The molecule has 1 aromatic carbocycles. The summed E-state index contributed by atoms with van der Waals surface area (Å²) in [7, 11) is 0. The average molecular weight is 398 g/mol. The summed E-state index contributed by atoms with van der Waals surface area (Å²) < 4.78 is 11.6. The zero-order valence-corrected chi connectivity index (χ0v) is 16.1. The lowest BCUT2D eigenvalue weighted by molar-refractivity contribution is -0.148. The molecule has 0 unspecified atom stereocenters. The van der Waals surface area contributed by atoms with Crippen molar-refractivity contribution < 1.29 is 19.1 Å². The van der Waals surface area contributed by atoms with Crippen LogP contribution < -0.4 is 0 Å². The van der Waals surface area contributed by atoms with Crippen LogP contribution in [0.25, 0.3) is 0 Å². The summed E-state index contributed by atoms with van der Waals surface area (Å²) in [6, 6.07) is 7.17. The van der Waals surface area contributed by atoms with Gasteiger partial charge in [0.1, 0.15) is 11.6 Å². The summed E-state index contributed by atoms with van der Waals surface area (Å²) in [5.74, 6) is -0.474. The number of rotatable bonds is 3. The lowest BCUT2D eigenvalue weighted by Crippen LogP contribution is -2.45. The van der Waals surface area contributed by atoms with Gasteiger partial charge in [0.05, 0.1) is 6.61 Å². The van der Waals surface area contributed by atoms with Crippen LogP contribution in [0.1, 0.15) is 45.6 Å². The Morgan fingerprint density at radius 1 is 1.25 bits per heavy atom. The van der Waals surface area contributed by atoms with Gasteiger partial charge in [-0.15, -0.1) is 0 Å². The van der Waals surface area contributed by atoms with Gasteiger partial charge in [0.2, 0.25) is 0 Å². The highest BCUT2D eigenvalue weighted by molar-refractivity contribution is 9.10. The van der Waals surface area contributed by atoms with E-state index in [0.29, 0.717) is 13.0 Å². The molecule has 0 bridgehead atoms. The van der Waals surface area contributed by atoms with Crippen LogP contribution in [0.15, 0.2) is 28.7 Å². The monoisotopic (exact) mass is 397 g/mol. The van der Waals surface area contributed by atoms with E-state index in [1.54, 1.807) is 6.92 Å². The van der Waals surface area contributed by atoms with Crippen LogP contribution in [0.5, 0.6) is 0 Å². The maximum absolute atomic E-state index is 12.5. The van der Waals surface area contributed by atoms with Gasteiger partial charge in [0.15, 0.2) is 0 Å². The standard InChI is InChI=1S/C18H24BrNO4/c1-5-23-16(21)15-14(12-6-8-13(19)9-7-12)10-11-20(15)17(22)24-18(2,3)4/h6-9,14-15H,5,10-11H2,1-4H3/t14-,15+/m1/s1. The molecular formula is C18H24BrNO4. The Labute approximate surface area is 151 Å². The molecule has 1 heterocycles. The summed E-state index contributed by atoms with van der Waals surface area (Å²) in [5, 5.41) is 0. The van der Waals surface area contributed by atoms with Gasteiger partial charge >= 0.3 is 12.1 Å². The third-order valence-electron chi connectivity index (χ3n) is 3.85. The second-order valence-electron chi connectivity index (χ2n) is 6.82. The number of esters is 1. The minimum atomic E-state index is -0.652. The second-order valence-corrected chi connectivity index (χ2v) is 7.73. The van der Waals surface area contributed by atoms with Crippen molar-refractivity contribution in [1.29, 1.82) is 0 Å². The Hall–Kier alpha value is -1.56. The van der Waals surface area contributed by atoms with Crippen LogP contribution in [0.3, 0.4) is 0 Å². The van der Waals surface area contributed by atoms with Crippen molar-refractivity contribution in [2.75, 3.05) is 13.2 Å². The Morgan fingerprint density at radius 3 is 2.42 bits per heavy atom. The van der Waals surface area contributed by atoms with Crippen LogP contribution in [-0.4, -0.2) is 41.8 Å². The molecule has 24 heavy (non-hydrogen) atoms. The van der Waals surface area contributed by atoms with E-state index in [9.17, 15) is 9.59 Å². The maximum Gasteiger partial charge on any atom is 0.411 e. The molecule has 0 radical (unpaired) electrons. The van der Waals surface area contributed by atoms with Crippen LogP contribution in [-0.2, 0) is 14.3 Å². The predicted octanol–water partition coefficient (Wildman–Crippen LogP) is 4.11. The van der Waals surface area contributed by atoms with E-state index in [4.69, 9.17) is 9.47 Å². The number of carbonyl (C=O) groups is 2. The highest BCUT2D eigenvalue weighted by Gasteiger charge is 2.45. The van der Waals surface area contributed by atoms with Crippen LogP contribution >= 0.6 is 15.9 Å². The molecule has 1 aliphatic rings. The van der Waals surface area contributed by atoms with E-state index in [-0.39, 0.29) is 18.5 Å². The van der Waals surface area contributed by atoms with Crippen LogP contribution in [0, 0.1) is 0 Å². The first-order valence-corrected chi connectivity index (χ1v) is 8.94. The van der Waals surface area contributed by atoms with Gasteiger partial charge in [-0.25, -0.2) is 9.59 Å². The first-order chi connectivity index (χ1) is 11.2. The van der Waals surface area contributed by atoms with E-state index in [2.05, 4.69) is 15.9 Å². The van der Waals surface area contributed by atoms with Crippen molar-refractivity contribution in [2.24, 2.45) is 0 Å². The Morgan fingerprint density at radius 2 is 1.88 bits per heavy atom. The number of ether oxygens (including phenoxy) is 2. The van der Waals surface area contributed by atoms with Gasteiger partial charge in [0, 0.05) is 16.9 Å². The van der Waals surface area contributed by atoms with E-state index in [0.717, 1.165) is 10.0 Å². The van der Waals surface area contributed by atoms with Gasteiger partial charge in [-0.1, -0.05) is 28.1 Å². The number of likely N-dealkylation sites (tertiary alicyclic amines) is 1. The largest absolute Gasteiger partial charge is 0.464 e. The normalized spacial score (nSPS) is 20.8. The fraction of sp³-hybridized carbons (Fsp3) is 0.556. The molecule has 0 saturated carbocycles. The molecular weight excluding hydrogens is 374 g/mol. The summed E-state index contributed by atoms with van der Waals surface area (Å²) in [4.78, 5) is 26.5. The Balaban J connectivity index is 2.27. The van der Waals surface area contributed by atoms with Crippen LogP contribution in [0.2, 0.25) is 0 Å². The maximum atomic E-state index is 12.5. The third-order valence-corrected chi connectivity index (χ3v) is 4.38. The topological polar surface area (TPSA) is 55.8 Å². The van der Waals surface area contributed by atoms with E-state index in [1.807, 2.05) is 45.0 Å². The fourth-order valence-electron chi connectivity index (χ4n) is 2.90. The zero-order valence-electron chi connectivity index (χ0n) is 14.5. The summed E-state index contributed by atoms with van der Waals surface area (Å²) >= 11 is 3.41. The fourth-order valence-corrected chi connectivity index (χ4v) is 3.16. The van der Waals surface area contributed by atoms with Gasteiger partial charge in [0.25, 0.3) is 0 Å². The predicted molar refractivity (Wildman–Crippen MR) is 94.9 cm³/mol. The first kappa shape index (κ1) is 18.8. The second kappa shape index (κ2) is 7.55. The number of nitrogens with zero attached hydrogens (tertiary/aromatic N) is 1. The first-order valence-electron chi connectivity index (χ1n) is 8.14. The lowest BCUT2D eigenvalue weighted by atomic mass is 9.92. The van der Waals surface area contributed by atoms with Crippen molar-refractivity contribution >= 4 is 28.0 Å². The van der Waals surface area contributed by atoms with Crippen LogP contribution in [0.4, 0.5) is 4.79 Å². The van der Waals surface area contributed by atoms with Crippen molar-refractivity contribution in [3.05, 3.63) is 34.3 Å². The molecule has 1 fully saturated rings. The molecule has 5 nitrogen and oxygen atoms in total. The van der Waals surface area contributed by atoms with Crippen molar-refractivity contribution in [3.63, 3.8) is 0 Å². The number of benzene rings is 1. The molecule has 132 valence electrons. The van der Waals surface area contributed by atoms with E-state index in [1.165, 1.54) is 4.90 Å². The Kier molecular flexibility index (Phi) is 5.91. The highest BCUT2D eigenvalue weighted by Crippen LogP contribution is 2.35. The molecule has 6 heteroatoms. The third kappa shape index (κ3) is 4.50. The van der Waals surface area contributed by atoms with Crippen molar-refractivity contribution in [1.82, 2.24) is 4.90 Å². The quantitative estimate of drug-likeness (QED) is 0.720. The van der Waals surface area contributed by atoms with Crippen molar-refractivity contribution in [3.8, 4) is 0 Å². The summed E-state index contributed by atoms with van der Waals surface area (Å²) in [5.41, 5.74) is 0.411. The number of hydrogen-bond donors (Lipinski definition) is 0. The molecule has 0 spiro atoms. The average Bonchev–Trinajstić information content (AvgIpc) is 2.91. The number of carbonyl (C=O) groups excluding carboxylic acids is 2. The number of hydrogen-bond acceptors (Lipinski definition) is 4. The molecule has 2 rings (SSSR count). The minimum absolute atomic E-state index is 0.0929. The van der Waals surface area contributed by atoms with Crippen molar-refractivity contribution in [2.45, 2.75) is 51.7 Å². The molecule has 1 aliphatic heterocycles. The molecule has 1 aromatic rings. The number of halogens is 1. The smallest absolute Gasteiger partial charge is 0.411 e. The molecule has 2 atom stereocenters. The van der Waals surface area contributed by atoms with E-state index < -0.39 is 17.7 Å². The molecule has 1 amide bonds. The minimum Gasteiger partial charge on any atom is -0.464 e. The Bertz CT molecular complexity index is 594. The molecule has 0 aromatic heterocycles. The van der Waals surface area contributed by atoms with Gasteiger partial charge in [-0.3, -0.25) is 4.90 Å². The van der Waals surface area contributed by atoms with Gasteiger partial charge < -0.3 is 9.47 Å². The van der Waals surface area contributed by atoms with E-state index >= 15 is 0 Å². The summed E-state index contributed by atoms with van der Waals surface area (Å²) in [6.07, 6.45) is 0.227.